The Morgan fingerprint density at radius 2 is 2.41 bits per heavy atom. The number of hydrogen-bond donors (Lipinski definition) is 1. The first-order valence-electron chi connectivity index (χ1n) is 5.92. The minimum atomic E-state index is -0.433. The van der Waals surface area contributed by atoms with E-state index in [2.05, 4.69) is 27.8 Å². The topological polar surface area (TPSA) is 32.7 Å². The third-order valence-corrected chi connectivity index (χ3v) is 3.48. The second-order valence-corrected chi connectivity index (χ2v) is 5.43. The molecule has 0 saturated carbocycles. The molecule has 1 fully saturated rings. The van der Waals surface area contributed by atoms with Crippen molar-refractivity contribution in [3.8, 4) is 0 Å². The molecule has 17 heavy (non-hydrogen) atoms. The van der Waals surface area contributed by atoms with Crippen molar-refractivity contribution in [3.63, 3.8) is 0 Å². The summed E-state index contributed by atoms with van der Waals surface area (Å²) in [5.74, 6) is 0. The van der Waals surface area contributed by atoms with Crippen LogP contribution in [0.5, 0.6) is 0 Å². The maximum atomic E-state index is 10.2. The summed E-state index contributed by atoms with van der Waals surface area (Å²) in [6.45, 7) is 5.29. The number of morpholine rings is 1. The Hall–Kier alpha value is -0.420. The molecule has 3 nitrogen and oxygen atoms in total. The molecule has 4 heteroatoms. The first-order chi connectivity index (χ1) is 8.15. The van der Waals surface area contributed by atoms with Crippen molar-refractivity contribution in [1.29, 1.82) is 0 Å². The Morgan fingerprint density at radius 3 is 3.12 bits per heavy atom. The van der Waals surface area contributed by atoms with Gasteiger partial charge in [0.1, 0.15) is 0 Å². The van der Waals surface area contributed by atoms with Gasteiger partial charge < -0.3 is 9.84 Å². The van der Waals surface area contributed by atoms with Crippen LogP contribution in [-0.2, 0) is 4.74 Å². The van der Waals surface area contributed by atoms with Crippen LogP contribution < -0.4 is 0 Å². The Bertz CT molecular complexity index is 372. The molecule has 2 atom stereocenters. The Kier molecular flexibility index (Phi) is 4.56. The van der Waals surface area contributed by atoms with Crippen LogP contribution in [0.2, 0.25) is 0 Å². The van der Waals surface area contributed by atoms with E-state index in [0.29, 0.717) is 6.54 Å². The van der Waals surface area contributed by atoms with Gasteiger partial charge in [-0.05, 0) is 24.6 Å². The van der Waals surface area contributed by atoms with Crippen LogP contribution in [-0.4, -0.2) is 42.4 Å². The Labute approximate surface area is 111 Å². The number of aliphatic hydroxyl groups excluding tert-OH is 1. The molecule has 0 aromatic heterocycles. The molecule has 2 rings (SSSR count). The van der Waals surface area contributed by atoms with Gasteiger partial charge in [0, 0.05) is 24.1 Å². The minimum absolute atomic E-state index is 0.262. The molecule has 1 aromatic carbocycles. The van der Waals surface area contributed by atoms with Crippen LogP contribution in [0.4, 0.5) is 0 Å². The lowest BCUT2D eigenvalue weighted by molar-refractivity contribution is -0.0319. The van der Waals surface area contributed by atoms with Gasteiger partial charge in [-0.15, -0.1) is 0 Å². The summed E-state index contributed by atoms with van der Waals surface area (Å²) in [4.78, 5) is 2.25. The number of aliphatic hydroxyl groups is 1. The van der Waals surface area contributed by atoms with Crippen LogP contribution in [0, 0.1) is 0 Å². The monoisotopic (exact) mass is 299 g/mol. The second-order valence-electron chi connectivity index (χ2n) is 4.51. The quantitative estimate of drug-likeness (QED) is 0.929. The fourth-order valence-corrected chi connectivity index (χ4v) is 2.54. The molecule has 1 heterocycles. The third kappa shape index (κ3) is 3.78. The highest BCUT2D eigenvalue weighted by Crippen LogP contribution is 2.19. The molecule has 94 valence electrons. The van der Waals surface area contributed by atoms with E-state index in [1.165, 1.54) is 0 Å². The summed E-state index contributed by atoms with van der Waals surface area (Å²) < 4.78 is 6.49. The molecule has 0 radical (unpaired) electrons. The lowest BCUT2D eigenvalue weighted by atomic mass is 10.1. The molecule has 1 aliphatic rings. The van der Waals surface area contributed by atoms with E-state index in [-0.39, 0.29) is 6.10 Å². The van der Waals surface area contributed by atoms with Gasteiger partial charge in [0.2, 0.25) is 0 Å². The van der Waals surface area contributed by atoms with Crippen LogP contribution in [0.3, 0.4) is 0 Å². The number of β-amino-alcohol motifs (C(OH)–C–C–N with tert-alkyl or cyclic N) is 1. The van der Waals surface area contributed by atoms with E-state index in [9.17, 15) is 5.11 Å². The van der Waals surface area contributed by atoms with Crippen molar-refractivity contribution in [2.75, 3.05) is 26.2 Å². The molecule has 0 aliphatic carbocycles. The Morgan fingerprint density at radius 1 is 1.59 bits per heavy atom. The molecular formula is C13H18BrNO2. The van der Waals surface area contributed by atoms with E-state index >= 15 is 0 Å². The zero-order valence-corrected chi connectivity index (χ0v) is 11.6. The summed E-state index contributed by atoms with van der Waals surface area (Å²) >= 11 is 3.42. The SMILES string of the molecule is CC1CN(CC(O)c2cccc(Br)c2)CCO1. The molecule has 0 amide bonds. The minimum Gasteiger partial charge on any atom is -0.387 e. The average molecular weight is 300 g/mol. The number of benzene rings is 1. The molecule has 1 saturated heterocycles. The lowest BCUT2D eigenvalue weighted by Crippen LogP contribution is -2.42. The van der Waals surface area contributed by atoms with Gasteiger partial charge in [-0.1, -0.05) is 28.1 Å². The predicted molar refractivity (Wildman–Crippen MR) is 71.0 cm³/mol. The van der Waals surface area contributed by atoms with Crippen LogP contribution in [0.1, 0.15) is 18.6 Å². The van der Waals surface area contributed by atoms with Crippen LogP contribution >= 0.6 is 15.9 Å². The summed E-state index contributed by atoms with van der Waals surface area (Å²) in [6, 6.07) is 7.84. The number of rotatable bonds is 3. The molecule has 1 aromatic rings. The molecule has 1 N–H and O–H groups in total. The zero-order valence-electron chi connectivity index (χ0n) is 9.97. The van der Waals surface area contributed by atoms with E-state index in [1.807, 2.05) is 24.3 Å². The summed E-state index contributed by atoms with van der Waals surface area (Å²) in [6.07, 6.45) is -0.170. The first kappa shape index (κ1) is 13.0. The van der Waals surface area contributed by atoms with Crippen molar-refractivity contribution in [2.45, 2.75) is 19.1 Å². The number of hydrogen-bond acceptors (Lipinski definition) is 3. The highest BCUT2D eigenvalue weighted by Gasteiger charge is 2.19. The number of nitrogens with zero attached hydrogens (tertiary/aromatic N) is 1. The van der Waals surface area contributed by atoms with Crippen molar-refractivity contribution in [2.24, 2.45) is 0 Å². The second kappa shape index (κ2) is 5.96. The predicted octanol–water partition coefficient (Wildman–Crippen LogP) is 2.20. The van der Waals surface area contributed by atoms with Crippen molar-refractivity contribution in [3.05, 3.63) is 34.3 Å². The summed E-state index contributed by atoms with van der Waals surface area (Å²) in [7, 11) is 0. The fourth-order valence-electron chi connectivity index (χ4n) is 2.12. The molecule has 0 bridgehead atoms. The summed E-state index contributed by atoms with van der Waals surface area (Å²) in [5.41, 5.74) is 0.957. The maximum Gasteiger partial charge on any atom is 0.0917 e. The van der Waals surface area contributed by atoms with E-state index in [1.54, 1.807) is 0 Å². The van der Waals surface area contributed by atoms with Gasteiger partial charge in [0.05, 0.1) is 18.8 Å². The number of ether oxygens (including phenoxy) is 1. The first-order valence-corrected chi connectivity index (χ1v) is 6.72. The van der Waals surface area contributed by atoms with E-state index in [0.717, 1.165) is 29.7 Å². The average Bonchev–Trinajstić information content (AvgIpc) is 2.29. The van der Waals surface area contributed by atoms with Gasteiger partial charge >= 0.3 is 0 Å². The van der Waals surface area contributed by atoms with Crippen molar-refractivity contribution >= 4 is 15.9 Å². The maximum absolute atomic E-state index is 10.2. The smallest absolute Gasteiger partial charge is 0.0917 e. The highest BCUT2D eigenvalue weighted by molar-refractivity contribution is 9.10. The van der Waals surface area contributed by atoms with Gasteiger partial charge in [0.15, 0.2) is 0 Å². The zero-order chi connectivity index (χ0) is 12.3. The Balaban J connectivity index is 1.94. The molecule has 2 unspecified atom stereocenters. The fraction of sp³-hybridized carbons (Fsp3) is 0.538. The molecule has 0 spiro atoms. The van der Waals surface area contributed by atoms with Crippen molar-refractivity contribution in [1.82, 2.24) is 4.90 Å². The largest absolute Gasteiger partial charge is 0.387 e. The normalized spacial score (nSPS) is 23.6. The van der Waals surface area contributed by atoms with Gasteiger partial charge in [-0.2, -0.15) is 0 Å². The van der Waals surface area contributed by atoms with Crippen LogP contribution in [0.15, 0.2) is 28.7 Å². The standard InChI is InChI=1S/C13H18BrNO2/c1-10-8-15(5-6-17-10)9-13(16)11-3-2-4-12(14)7-11/h2-4,7,10,13,16H,5-6,8-9H2,1H3. The third-order valence-electron chi connectivity index (χ3n) is 2.99. The van der Waals surface area contributed by atoms with Crippen molar-refractivity contribution < 1.29 is 9.84 Å². The van der Waals surface area contributed by atoms with E-state index < -0.39 is 6.10 Å². The van der Waals surface area contributed by atoms with Gasteiger partial charge in [-0.25, -0.2) is 0 Å². The van der Waals surface area contributed by atoms with Crippen LogP contribution in [0.25, 0.3) is 0 Å². The summed E-state index contributed by atoms with van der Waals surface area (Å²) in [5, 5.41) is 10.2. The van der Waals surface area contributed by atoms with Gasteiger partial charge in [-0.3, -0.25) is 4.90 Å². The van der Waals surface area contributed by atoms with E-state index in [4.69, 9.17) is 4.74 Å². The highest BCUT2D eigenvalue weighted by atomic mass is 79.9. The molecule has 1 aliphatic heterocycles. The lowest BCUT2D eigenvalue weighted by Gasteiger charge is -2.32. The number of halogens is 1. The molecular weight excluding hydrogens is 282 g/mol. The van der Waals surface area contributed by atoms with Gasteiger partial charge in [0.25, 0.3) is 0 Å².